The molecule has 1 aromatic heterocycles. The number of carboxylic acid groups (broad SMARTS) is 1. The van der Waals surface area contributed by atoms with Gasteiger partial charge in [-0.2, -0.15) is 0 Å². The second-order valence-electron chi connectivity index (χ2n) is 9.69. The van der Waals surface area contributed by atoms with E-state index in [0.717, 1.165) is 31.7 Å². The molecule has 0 unspecified atom stereocenters. The Hall–Kier alpha value is -2.50. The maximum atomic E-state index is 10.9. The van der Waals surface area contributed by atoms with Gasteiger partial charge in [-0.3, -0.25) is 9.88 Å². The topological polar surface area (TPSA) is 65.5 Å². The Morgan fingerprint density at radius 1 is 1.23 bits per heavy atom. The Labute approximate surface area is 184 Å². The Balaban J connectivity index is 1.05. The first-order valence-electron chi connectivity index (χ1n) is 11.5. The number of likely N-dealkylation sites (tertiary alicyclic amines) is 1. The molecular formula is C26H31N3O2. The Morgan fingerprint density at radius 3 is 2.65 bits per heavy atom. The van der Waals surface area contributed by atoms with Gasteiger partial charge in [-0.15, -0.1) is 0 Å². The summed E-state index contributed by atoms with van der Waals surface area (Å²) in [5.74, 6) is -0.214. The molecule has 0 amide bonds. The first-order chi connectivity index (χ1) is 15.0. The largest absolute Gasteiger partial charge is 0.478 e. The highest BCUT2D eigenvalue weighted by Crippen LogP contribution is 2.50. The lowest BCUT2D eigenvalue weighted by Crippen LogP contribution is -2.65. The van der Waals surface area contributed by atoms with Crippen LogP contribution in [0.1, 0.15) is 54.2 Å². The highest BCUT2D eigenvalue weighted by atomic mass is 16.4. The third-order valence-electron chi connectivity index (χ3n) is 7.21. The summed E-state index contributed by atoms with van der Waals surface area (Å²) < 4.78 is 0. The molecule has 162 valence electrons. The predicted octanol–water partition coefficient (Wildman–Crippen LogP) is 4.22. The quantitative estimate of drug-likeness (QED) is 0.673. The van der Waals surface area contributed by atoms with Crippen LogP contribution in [0.4, 0.5) is 0 Å². The standard InChI is InChI=1S/C26H31N3O2/c1-2-19(10-18-6-4-3-5-7-18)23-11-24(23)28-22-12-26(13-22)16-29(17-26)15-21-9-8-20(14-27-21)25(30)31/h3-10,14,22-24,28H,2,11-13,15-17H2,1H3,(H,30,31)/b19-10+/t23-,24+/m0/s1. The van der Waals surface area contributed by atoms with E-state index in [4.69, 9.17) is 5.11 Å². The van der Waals surface area contributed by atoms with Gasteiger partial charge in [-0.1, -0.05) is 48.9 Å². The molecule has 2 heterocycles. The molecule has 2 aromatic rings. The van der Waals surface area contributed by atoms with Crippen molar-refractivity contribution in [3.05, 3.63) is 71.1 Å². The lowest BCUT2D eigenvalue weighted by atomic mass is 9.60. The number of aromatic carboxylic acids is 1. The van der Waals surface area contributed by atoms with Gasteiger partial charge in [0.05, 0.1) is 11.3 Å². The van der Waals surface area contributed by atoms with E-state index in [1.54, 1.807) is 11.6 Å². The number of nitrogens with zero attached hydrogens (tertiary/aromatic N) is 2. The molecule has 1 aliphatic heterocycles. The van der Waals surface area contributed by atoms with Crippen molar-refractivity contribution < 1.29 is 9.90 Å². The van der Waals surface area contributed by atoms with Crippen LogP contribution in [-0.2, 0) is 6.54 Å². The van der Waals surface area contributed by atoms with Crippen molar-refractivity contribution in [2.24, 2.45) is 11.3 Å². The lowest BCUT2D eigenvalue weighted by molar-refractivity contribution is -0.0838. The van der Waals surface area contributed by atoms with Crippen LogP contribution in [0.2, 0.25) is 0 Å². The summed E-state index contributed by atoms with van der Waals surface area (Å²) in [6.45, 7) is 5.36. The summed E-state index contributed by atoms with van der Waals surface area (Å²) in [6.07, 6.45) is 8.81. The highest BCUT2D eigenvalue weighted by molar-refractivity contribution is 5.87. The van der Waals surface area contributed by atoms with E-state index in [9.17, 15) is 4.79 Å². The van der Waals surface area contributed by atoms with Crippen LogP contribution in [0.25, 0.3) is 6.08 Å². The van der Waals surface area contributed by atoms with E-state index in [2.05, 4.69) is 58.5 Å². The van der Waals surface area contributed by atoms with Crippen LogP contribution < -0.4 is 5.32 Å². The summed E-state index contributed by atoms with van der Waals surface area (Å²) in [5, 5.41) is 12.9. The van der Waals surface area contributed by atoms with Gasteiger partial charge in [0.25, 0.3) is 0 Å². The molecule has 1 spiro atoms. The molecule has 1 aromatic carbocycles. The number of carboxylic acids is 1. The number of benzene rings is 1. The minimum Gasteiger partial charge on any atom is -0.478 e. The van der Waals surface area contributed by atoms with Gasteiger partial charge in [0.1, 0.15) is 0 Å². The van der Waals surface area contributed by atoms with Gasteiger partial charge >= 0.3 is 5.97 Å². The van der Waals surface area contributed by atoms with E-state index < -0.39 is 5.97 Å². The molecular weight excluding hydrogens is 386 g/mol. The summed E-state index contributed by atoms with van der Waals surface area (Å²) in [6, 6.07) is 15.5. The van der Waals surface area contributed by atoms with Crippen molar-refractivity contribution in [2.45, 2.75) is 51.2 Å². The number of nitrogens with one attached hydrogen (secondary N) is 1. The molecule has 2 atom stereocenters. The van der Waals surface area contributed by atoms with Crippen LogP contribution >= 0.6 is 0 Å². The molecule has 2 aliphatic carbocycles. The first kappa shape index (κ1) is 20.4. The average molecular weight is 418 g/mol. The monoisotopic (exact) mass is 417 g/mol. The van der Waals surface area contributed by atoms with Gasteiger partial charge in [0, 0.05) is 37.9 Å². The van der Waals surface area contributed by atoms with E-state index >= 15 is 0 Å². The minimum absolute atomic E-state index is 0.250. The third-order valence-corrected chi connectivity index (χ3v) is 7.21. The SMILES string of the molecule is CC/C(=C\c1ccccc1)[C@@H]1C[C@H]1NC1CC2(C1)CN(Cc1ccc(C(=O)O)cn1)C2. The average Bonchev–Trinajstić information content (AvgIpc) is 3.49. The van der Waals surface area contributed by atoms with Crippen molar-refractivity contribution in [3.8, 4) is 0 Å². The summed E-state index contributed by atoms with van der Waals surface area (Å²) in [4.78, 5) is 17.7. The smallest absolute Gasteiger partial charge is 0.337 e. The van der Waals surface area contributed by atoms with Crippen LogP contribution in [-0.4, -0.2) is 46.1 Å². The van der Waals surface area contributed by atoms with Crippen molar-refractivity contribution in [1.82, 2.24) is 15.2 Å². The second kappa shape index (κ2) is 8.21. The molecule has 5 nitrogen and oxygen atoms in total. The van der Waals surface area contributed by atoms with Crippen molar-refractivity contribution >= 4 is 12.0 Å². The number of hydrogen-bond donors (Lipinski definition) is 2. The Kier molecular flexibility index (Phi) is 5.40. The van der Waals surface area contributed by atoms with Gasteiger partial charge in [-0.05, 0) is 54.7 Å². The minimum atomic E-state index is -0.922. The van der Waals surface area contributed by atoms with Crippen molar-refractivity contribution in [2.75, 3.05) is 13.1 Å². The Bertz CT molecular complexity index is 956. The fourth-order valence-corrected chi connectivity index (χ4v) is 5.58. The lowest BCUT2D eigenvalue weighted by Gasteiger charge is -2.59. The molecule has 2 N–H and O–H groups in total. The van der Waals surface area contributed by atoms with E-state index in [1.165, 1.54) is 31.0 Å². The molecule has 2 saturated carbocycles. The number of rotatable bonds is 8. The summed E-state index contributed by atoms with van der Waals surface area (Å²) >= 11 is 0. The van der Waals surface area contributed by atoms with Gasteiger partial charge in [0.15, 0.2) is 0 Å². The van der Waals surface area contributed by atoms with Crippen molar-refractivity contribution in [3.63, 3.8) is 0 Å². The third kappa shape index (κ3) is 4.43. The van der Waals surface area contributed by atoms with E-state index in [0.29, 0.717) is 23.4 Å². The van der Waals surface area contributed by atoms with Crippen LogP contribution in [0.5, 0.6) is 0 Å². The molecule has 3 aliphatic rings. The predicted molar refractivity (Wildman–Crippen MR) is 122 cm³/mol. The van der Waals surface area contributed by atoms with Crippen LogP contribution in [0, 0.1) is 11.3 Å². The van der Waals surface area contributed by atoms with Crippen molar-refractivity contribution in [1.29, 1.82) is 0 Å². The molecule has 5 rings (SSSR count). The zero-order valence-electron chi connectivity index (χ0n) is 18.1. The number of pyridine rings is 1. The number of carbonyl (C=O) groups is 1. The van der Waals surface area contributed by atoms with E-state index in [1.807, 2.05) is 6.07 Å². The summed E-state index contributed by atoms with van der Waals surface area (Å²) in [7, 11) is 0. The number of hydrogen-bond acceptors (Lipinski definition) is 4. The fourth-order valence-electron chi connectivity index (χ4n) is 5.58. The highest BCUT2D eigenvalue weighted by Gasteiger charge is 2.53. The normalized spacial score (nSPS) is 25.1. The molecule has 0 bridgehead atoms. The fraction of sp³-hybridized carbons (Fsp3) is 0.462. The van der Waals surface area contributed by atoms with Crippen LogP contribution in [0.15, 0.2) is 54.2 Å². The van der Waals surface area contributed by atoms with E-state index in [-0.39, 0.29) is 5.56 Å². The molecule has 5 heteroatoms. The molecule has 0 radical (unpaired) electrons. The molecule has 3 fully saturated rings. The summed E-state index contributed by atoms with van der Waals surface area (Å²) in [5.41, 5.74) is 4.59. The van der Waals surface area contributed by atoms with Gasteiger partial charge in [-0.25, -0.2) is 4.79 Å². The number of aromatic nitrogens is 1. The Morgan fingerprint density at radius 2 is 2.00 bits per heavy atom. The van der Waals surface area contributed by atoms with Gasteiger partial charge in [0.2, 0.25) is 0 Å². The zero-order valence-corrected chi connectivity index (χ0v) is 18.1. The van der Waals surface area contributed by atoms with Gasteiger partial charge < -0.3 is 10.4 Å². The maximum absolute atomic E-state index is 10.9. The first-order valence-corrected chi connectivity index (χ1v) is 11.5. The molecule has 1 saturated heterocycles. The second-order valence-corrected chi connectivity index (χ2v) is 9.69. The zero-order chi connectivity index (χ0) is 21.4. The van der Waals surface area contributed by atoms with Crippen LogP contribution in [0.3, 0.4) is 0 Å². The molecule has 31 heavy (non-hydrogen) atoms. The maximum Gasteiger partial charge on any atom is 0.337 e.